The first-order chi connectivity index (χ1) is 13.2. The molecule has 28 heavy (non-hydrogen) atoms. The number of nitrogens with zero attached hydrogens (tertiary/aromatic N) is 2. The van der Waals surface area contributed by atoms with E-state index in [1.165, 1.54) is 25.1 Å². The van der Waals surface area contributed by atoms with Crippen LogP contribution < -0.4 is 10.7 Å². The van der Waals surface area contributed by atoms with E-state index in [-0.39, 0.29) is 11.4 Å². The van der Waals surface area contributed by atoms with Gasteiger partial charge in [-0.05, 0) is 43.3 Å². The van der Waals surface area contributed by atoms with Crippen molar-refractivity contribution in [2.24, 2.45) is 0 Å². The van der Waals surface area contributed by atoms with Crippen LogP contribution in [0, 0.1) is 12.7 Å². The fourth-order valence-corrected chi connectivity index (χ4v) is 2.50. The first-order valence-corrected chi connectivity index (χ1v) is 8.01. The number of carbonyl (C=O) groups excluding carboxylic acids is 1. The lowest BCUT2D eigenvalue weighted by Gasteiger charge is -2.12. The van der Waals surface area contributed by atoms with E-state index in [4.69, 9.17) is 0 Å². The Bertz CT molecular complexity index is 1090. The summed E-state index contributed by atoms with van der Waals surface area (Å²) in [7, 11) is 0. The molecule has 0 saturated heterocycles. The van der Waals surface area contributed by atoms with Crippen LogP contribution in [0.3, 0.4) is 0 Å². The molecule has 0 fully saturated rings. The molecule has 3 aromatic rings. The number of amides is 1. The minimum atomic E-state index is -4.51. The van der Waals surface area contributed by atoms with Crippen molar-refractivity contribution in [3.63, 3.8) is 0 Å². The highest BCUT2D eigenvalue weighted by atomic mass is 19.4. The van der Waals surface area contributed by atoms with Crippen molar-refractivity contribution in [1.29, 1.82) is 0 Å². The van der Waals surface area contributed by atoms with Gasteiger partial charge in [0, 0.05) is 17.4 Å². The Morgan fingerprint density at radius 2 is 1.71 bits per heavy atom. The molecule has 5 nitrogen and oxygen atoms in total. The van der Waals surface area contributed by atoms with Gasteiger partial charge in [-0.2, -0.15) is 18.3 Å². The molecule has 2 aromatic carbocycles. The van der Waals surface area contributed by atoms with Gasteiger partial charge in [-0.25, -0.2) is 9.07 Å². The smallest absolute Gasteiger partial charge is 0.320 e. The standard InChI is InChI=1S/C19H13F4N3O2/c1-11-10-16(27)17(25-26(11)15-5-3-2-4-14(15)20)18(28)24-13-8-6-12(7-9-13)19(21,22)23/h2-10H,1H3,(H,24,28). The molecule has 0 radical (unpaired) electrons. The Labute approximate surface area is 156 Å². The summed E-state index contributed by atoms with van der Waals surface area (Å²) in [5, 5.41) is 6.24. The van der Waals surface area contributed by atoms with Crippen molar-refractivity contribution in [2.75, 3.05) is 5.32 Å². The molecular formula is C19H13F4N3O2. The van der Waals surface area contributed by atoms with Crippen LogP contribution in [-0.4, -0.2) is 15.7 Å². The van der Waals surface area contributed by atoms with Gasteiger partial charge in [0.05, 0.1) is 5.56 Å². The molecule has 3 rings (SSSR count). The molecule has 144 valence electrons. The number of carbonyl (C=O) groups is 1. The van der Waals surface area contributed by atoms with Gasteiger partial charge in [0.25, 0.3) is 5.91 Å². The van der Waals surface area contributed by atoms with Crippen molar-refractivity contribution in [3.8, 4) is 5.69 Å². The monoisotopic (exact) mass is 391 g/mol. The molecule has 1 aromatic heterocycles. The van der Waals surface area contributed by atoms with Crippen molar-refractivity contribution in [2.45, 2.75) is 13.1 Å². The van der Waals surface area contributed by atoms with E-state index < -0.39 is 34.6 Å². The second-order valence-electron chi connectivity index (χ2n) is 5.89. The number of anilines is 1. The van der Waals surface area contributed by atoms with E-state index >= 15 is 0 Å². The Hall–Kier alpha value is -3.49. The zero-order chi connectivity index (χ0) is 20.5. The summed E-state index contributed by atoms with van der Waals surface area (Å²) in [5.74, 6) is -1.52. The topological polar surface area (TPSA) is 64.0 Å². The van der Waals surface area contributed by atoms with Gasteiger partial charge in [-0.1, -0.05) is 12.1 Å². The van der Waals surface area contributed by atoms with E-state index in [1.54, 1.807) is 6.07 Å². The number of aromatic nitrogens is 2. The highest BCUT2D eigenvalue weighted by Crippen LogP contribution is 2.29. The molecule has 9 heteroatoms. The summed E-state index contributed by atoms with van der Waals surface area (Å²) in [6.07, 6.45) is -4.51. The maximum atomic E-state index is 14.0. The van der Waals surface area contributed by atoms with E-state index in [2.05, 4.69) is 10.4 Å². The number of para-hydroxylation sites is 1. The molecule has 0 atom stereocenters. The number of rotatable bonds is 3. The maximum absolute atomic E-state index is 14.0. The number of alkyl halides is 3. The van der Waals surface area contributed by atoms with Gasteiger partial charge in [0.2, 0.25) is 5.43 Å². The van der Waals surface area contributed by atoms with E-state index in [1.807, 2.05) is 0 Å². The molecule has 0 spiro atoms. The number of benzene rings is 2. The lowest BCUT2D eigenvalue weighted by Crippen LogP contribution is -2.27. The summed E-state index contributed by atoms with van der Waals surface area (Å²) in [6, 6.07) is 10.5. The SMILES string of the molecule is Cc1cc(=O)c(C(=O)Nc2ccc(C(F)(F)F)cc2)nn1-c1ccccc1F. The van der Waals surface area contributed by atoms with Crippen LogP contribution >= 0.6 is 0 Å². The summed E-state index contributed by atoms with van der Waals surface area (Å²) in [6.45, 7) is 1.53. The van der Waals surface area contributed by atoms with Gasteiger partial charge in [-0.15, -0.1) is 0 Å². The highest BCUT2D eigenvalue weighted by Gasteiger charge is 2.30. The predicted molar refractivity (Wildman–Crippen MR) is 93.9 cm³/mol. The molecule has 0 unspecified atom stereocenters. The summed E-state index contributed by atoms with van der Waals surface area (Å²) >= 11 is 0. The van der Waals surface area contributed by atoms with Crippen molar-refractivity contribution in [1.82, 2.24) is 9.78 Å². The lowest BCUT2D eigenvalue weighted by molar-refractivity contribution is -0.137. The Morgan fingerprint density at radius 3 is 2.32 bits per heavy atom. The zero-order valence-corrected chi connectivity index (χ0v) is 14.4. The van der Waals surface area contributed by atoms with Crippen LogP contribution in [0.25, 0.3) is 5.69 Å². The normalized spacial score (nSPS) is 11.3. The van der Waals surface area contributed by atoms with Crippen LogP contribution in [0.15, 0.2) is 59.4 Å². The third-order valence-electron chi connectivity index (χ3n) is 3.87. The fourth-order valence-electron chi connectivity index (χ4n) is 2.50. The number of halogens is 4. The van der Waals surface area contributed by atoms with Gasteiger partial charge < -0.3 is 5.32 Å². The van der Waals surface area contributed by atoms with Crippen LogP contribution in [0.1, 0.15) is 21.7 Å². The van der Waals surface area contributed by atoms with E-state index in [9.17, 15) is 27.2 Å². The number of nitrogens with one attached hydrogen (secondary N) is 1. The van der Waals surface area contributed by atoms with E-state index in [0.29, 0.717) is 5.69 Å². The minimum Gasteiger partial charge on any atom is -0.320 e. The number of hydrogen-bond acceptors (Lipinski definition) is 3. The number of aryl methyl sites for hydroxylation is 1. The van der Waals surface area contributed by atoms with Gasteiger partial charge in [0.15, 0.2) is 5.69 Å². The van der Waals surface area contributed by atoms with Crippen LogP contribution in [-0.2, 0) is 6.18 Å². The molecule has 0 aliphatic heterocycles. The highest BCUT2D eigenvalue weighted by molar-refractivity contribution is 6.02. The van der Waals surface area contributed by atoms with Gasteiger partial charge in [-0.3, -0.25) is 9.59 Å². The molecule has 0 saturated carbocycles. The summed E-state index contributed by atoms with van der Waals surface area (Å²) in [4.78, 5) is 24.5. The molecule has 1 amide bonds. The number of hydrogen-bond donors (Lipinski definition) is 1. The van der Waals surface area contributed by atoms with Crippen LogP contribution in [0.5, 0.6) is 0 Å². The quantitative estimate of drug-likeness (QED) is 0.688. The average molecular weight is 391 g/mol. The molecular weight excluding hydrogens is 378 g/mol. The first-order valence-electron chi connectivity index (χ1n) is 8.01. The summed E-state index contributed by atoms with van der Waals surface area (Å²) < 4.78 is 53.0. The Kier molecular flexibility index (Phi) is 5.00. The predicted octanol–water partition coefficient (Wildman–Crippen LogP) is 3.95. The first kappa shape index (κ1) is 19.3. The van der Waals surface area contributed by atoms with Crippen LogP contribution in [0.4, 0.5) is 23.2 Å². The van der Waals surface area contributed by atoms with E-state index in [0.717, 1.165) is 35.0 Å². The second-order valence-corrected chi connectivity index (χ2v) is 5.89. The van der Waals surface area contributed by atoms with Crippen molar-refractivity contribution in [3.05, 3.63) is 87.6 Å². The molecule has 0 aliphatic rings. The third kappa shape index (κ3) is 3.93. The van der Waals surface area contributed by atoms with Crippen molar-refractivity contribution < 1.29 is 22.4 Å². The van der Waals surface area contributed by atoms with Gasteiger partial charge in [0.1, 0.15) is 11.5 Å². The average Bonchev–Trinajstić information content (AvgIpc) is 2.62. The molecule has 1 heterocycles. The molecule has 0 aliphatic carbocycles. The Balaban J connectivity index is 1.93. The fraction of sp³-hybridized carbons (Fsp3) is 0.105. The second kappa shape index (κ2) is 7.26. The largest absolute Gasteiger partial charge is 0.416 e. The molecule has 0 bridgehead atoms. The summed E-state index contributed by atoms with van der Waals surface area (Å²) in [5.41, 5.74) is -1.69. The third-order valence-corrected chi connectivity index (χ3v) is 3.87. The maximum Gasteiger partial charge on any atom is 0.416 e. The minimum absolute atomic E-state index is 0.0450. The van der Waals surface area contributed by atoms with Crippen molar-refractivity contribution >= 4 is 11.6 Å². The van der Waals surface area contributed by atoms with Gasteiger partial charge >= 0.3 is 6.18 Å². The molecule has 1 N–H and O–H groups in total. The Morgan fingerprint density at radius 1 is 1.07 bits per heavy atom. The van der Waals surface area contributed by atoms with Crippen LogP contribution in [0.2, 0.25) is 0 Å². The lowest BCUT2D eigenvalue weighted by atomic mass is 10.2. The zero-order valence-electron chi connectivity index (χ0n) is 14.4.